The molecule has 188 valence electrons. The summed E-state index contributed by atoms with van der Waals surface area (Å²) in [6, 6.07) is 0. The van der Waals surface area contributed by atoms with Gasteiger partial charge in [0.25, 0.3) is 0 Å². The third-order valence-corrected chi connectivity index (χ3v) is 4.60. The Kier molecular flexibility index (Phi) is 25.2. The summed E-state index contributed by atoms with van der Waals surface area (Å²) in [5.41, 5.74) is 0. The van der Waals surface area contributed by atoms with Crippen molar-refractivity contribution in [3.63, 3.8) is 0 Å². The first-order valence-corrected chi connectivity index (χ1v) is 11.9. The number of hydrogen-bond donors (Lipinski definition) is 1. The maximum Gasteiger partial charge on any atom is 0.338 e. The molecule has 1 aliphatic rings. The minimum Gasteiger partial charge on any atom is -0.478 e. The van der Waals surface area contributed by atoms with Gasteiger partial charge in [-0.3, -0.25) is 4.79 Å². The van der Waals surface area contributed by atoms with E-state index in [1.54, 1.807) is 0 Å². The van der Waals surface area contributed by atoms with E-state index in [1.165, 1.54) is 77.7 Å². The maximum atomic E-state index is 10.9. The molecule has 7 nitrogen and oxygen atoms in total. The number of ether oxygens (including phenoxy) is 2. The van der Waals surface area contributed by atoms with Crippen LogP contribution in [0.25, 0.3) is 0 Å². The molecule has 0 saturated carbocycles. The molecule has 0 aromatic carbocycles. The van der Waals surface area contributed by atoms with E-state index in [-0.39, 0.29) is 5.97 Å². The predicted octanol–water partition coefficient (Wildman–Crippen LogP) is 6.08. The fraction of sp³-hybridized carbons (Fsp3) is 0.615. The summed E-state index contributed by atoms with van der Waals surface area (Å²) in [6.45, 7) is 5.23. The zero-order valence-electron chi connectivity index (χ0n) is 20.4. The Hall–Kier alpha value is -2.70. The van der Waals surface area contributed by atoms with Gasteiger partial charge >= 0.3 is 23.9 Å². The number of carbonyl (C=O) groups is 4. The highest BCUT2D eigenvalue weighted by Crippen LogP contribution is 2.10. The molecule has 0 atom stereocenters. The van der Waals surface area contributed by atoms with Gasteiger partial charge in [-0.15, -0.1) is 0 Å². The lowest BCUT2D eigenvalue weighted by Gasteiger charge is -2.00. The number of methoxy groups -OCH3 is 1. The van der Waals surface area contributed by atoms with Gasteiger partial charge in [-0.2, -0.15) is 0 Å². The molecule has 33 heavy (non-hydrogen) atoms. The van der Waals surface area contributed by atoms with E-state index in [2.05, 4.69) is 35.1 Å². The lowest BCUT2D eigenvalue weighted by molar-refractivity contribution is -0.150. The molecule has 1 N–H and O–H groups in total. The summed E-state index contributed by atoms with van der Waals surface area (Å²) in [5.74, 6) is -2.22. The van der Waals surface area contributed by atoms with E-state index < -0.39 is 17.9 Å². The Balaban J connectivity index is 0. The maximum absolute atomic E-state index is 10.9. The molecule has 0 aromatic heterocycles. The van der Waals surface area contributed by atoms with Crippen LogP contribution in [0.1, 0.15) is 96.8 Å². The minimum atomic E-state index is -0.981. The Morgan fingerprint density at radius 3 is 1.67 bits per heavy atom. The smallest absolute Gasteiger partial charge is 0.338 e. The van der Waals surface area contributed by atoms with Gasteiger partial charge in [0, 0.05) is 24.6 Å². The largest absolute Gasteiger partial charge is 0.478 e. The number of hydrogen-bond acceptors (Lipinski definition) is 6. The molecule has 0 fully saturated rings. The van der Waals surface area contributed by atoms with Crippen LogP contribution in [-0.4, -0.2) is 36.1 Å². The van der Waals surface area contributed by atoms with E-state index >= 15 is 0 Å². The predicted molar refractivity (Wildman–Crippen MR) is 130 cm³/mol. The molecule has 1 aliphatic heterocycles. The van der Waals surface area contributed by atoms with Gasteiger partial charge in [-0.05, 0) is 32.1 Å². The monoisotopic (exact) mass is 466 g/mol. The number of rotatable bonds is 16. The summed E-state index contributed by atoms with van der Waals surface area (Å²) in [5, 5.41) is 7.60. The first-order chi connectivity index (χ1) is 15.9. The number of aliphatic carboxylic acids is 1. The standard InChI is InChI=1S/C19H36O2.C4H2O3.C3H4O2/c1-3-4-5-6-7-8-9-10-11-12-13-14-15-16-17-18-19(20)21-2;5-3-1-2-4(6)7-3;1-2-3(4)5/h10-11H,3-9,12-18H2,1-2H3;1-2H;2H,1H2,(H,4,5)/b11-10-;;. The van der Waals surface area contributed by atoms with Crippen LogP contribution < -0.4 is 0 Å². The first kappa shape index (κ1) is 32.5. The summed E-state index contributed by atoms with van der Waals surface area (Å²) in [4.78, 5) is 40.0. The number of esters is 3. The second-order valence-corrected chi connectivity index (χ2v) is 7.53. The molecule has 0 spiro atoms. The van der Waals surface area contributed by atoms with Gasteiger partial charge in [0.05, 0.1) is 7.11 Å². The summed E-state index contributed by atoms with van der Waals surface area (Å²) in [6.07, 6.45) is 25.0. The van der Waals surface area contributed by atoms with Crippen LogP contribution in [0.4, 0.5) is 0 Å². The van der Waals surface area contributed by atoms with Crippen molar-refractivity contribution in [3.8, 4) is 0 Å². The number of carbonyl (C=O) groups excluding carboxylic acids is 3. The number of cyclic esters (lactones) is 2. The van der Waals surface area contributed by atoms with Gasteiger partial charge in [-0.1, -0.05) is 77.0 Å². The number of carboxylic acid groups (broad SMARTS) is 1. The van der Waals surface area contributed by atoms with Crippen molar-refractivity contribution in [1.82, 2.24) is 0 Å². The van der Waals surface area contributed by atoms with Gasteiger partial charge in [-0.25, -0.2) is 14.4 Å². The third kappa shape index (κ3) is 29.3. The van der Waals surface area contributed by atoms with Crippen LogP contribution >= 0.6 is 0 Å². The quantitative estimate of drug-likeness (QED) is 0.0965. The van der Waals surface area contributed by atoms with Gasteiger partial charge in [0.2, 0.25) is 0 Å². The molecule has 0 unspecified atom stereocenters. The average molecular weight is 467 g/mol. The Morgan fingerprint density at radius 2 is 1.30 bits per heavy atom. The Morgan fingerprint density at radius 1 is 0.879 bits per heavy atom. The van der Waals surface area contributed by atoms with E-state index in [0.717, 1.165) is 31.1 Å². The lowest BCUT2D eigenvalue weighted by Crippen LogP contribution is -1.98. The summed E-state index contributed by atoms with van der Waals surface area (Å²) in [7, 11) is 1.46. The van der Waals surface area contributed by atoms with E-state index in [4.69, 9.17) is 5.11 Å². The molecular formula is C26H42O7. The molecule has 0 amide bonds. The highest BCUT2D eigenvalue weighted by molar-refractivity contribution is 6.04. The van der Waals surface area contributed by atoms with Crippen LogP contribution in [0.15, 0.2) is 37.0 Å². The number of carboxylic acids is 1. The van der Waals surface area contributed by atoms with Crippen molar-refractivity contribution in [2.75, 3.05) is 7.11 Å². The van der Waals surface area contributed by atoms with Gasteiger partial charge in [0.1, 0.15) is 0 Å². The second kappa shape index (κ2) is 25.6. The summed E-state index contributed by atoms with van der Waals surface area (Å²) >= 11 is 0. The van der Waals surface area contributed by atoms with E-state index in [1.807, 2.05) is 0 Å². The third-order valence-electron chi connectivity index (χ3n) is 4.60. The zero-order chi connectivity index (χ0) is 25.2. The molecule has 7 heteroatoms. The van der Waals surface area contributed by atoms with Crippen molar-refractivity contribution in [2.24, 2.45) is 0 Å². The molecule has 1 heterocycles. The van der Waals surface area contributed by atoms with Crippen molar-refractivity contribution < 1.29 is 33.8 Å². The molecule has 0 radical (unpaired) electrons. The molecule has 0 saturated heterocycles. The summed E-state index contributed by atoms with van der Waals surface area (Å²) < 4.78 is 8.59. The number of unbranched alkanes of at least 4 members (excludes halogenated alkanes) is 11. The van der Waals surface area contributed by atoms with E-state index in [9.17, 15) is 19.2 Å². The van der Waals surface area contributed by atoms with Crippen molar-refractivity contribution in [2.45, 2.75) is 96.8 Å². The molecule has 0 aromatic rings. The highest BCUT2D eigenvalue weighted by Gasteiger charge is 2.10. The normalized spacial score (nSPS) is 11.8. The van der Waals surface area contributed by atoms with Gasteiger partial charge < -0.3 is 14.6 Å². The molecule has 1 rings (SSSR count). The molecule has 0 bridgehead atoms. The van der Waals surface area contributed by atoms with Crippen molar-refractivity contribution in [1.29, 1.82) is 0 Å². The lowest BCUT2D eigenvalue weighted by atomic mass is 10.1. The minimum absolute atomic E-state index is 0.0763. The fourth-order valence-corrected chi connectivity index (χ4v) is 2.75. The molecule has 0 aliphatic carbocycles. The Bertz CT molecular complexity index is 590. The van der Waals surface area contributed by atoms with Crippen LogP contribution in [0.3, 0.4) is 0 Å². The fourth-order valence-electron chi connectivity index (χ4n) is 2.75. The Labute approximate surface area is 198 Å². The average Bonchev–Trinajstić information content (AvgIpc) is 3.19. The van der Waals surface area contributed by atoms with E-state index in [0.29, 0.717) is 6.42 Å². The van der Waals surface area contributed by atoms with Crippen LogP contribution in [0.2, 0.25) is 0 Å². The SMILES string of the molecule is C=CC(=O)O.CCCCCCCC/C=C\CCCCCCCC(=O)OC.O=C1C=CC(=O)O1. The first-order valence-electron chi connectivity index (χ1n) is 11.9. The van der Waals surface area contributed by atoms with Crippen LogP contribution in [0, 0.1) is 0 Å². The van der Waals surface area contributed by atoms with Crippen molar-refractivity contribution >= 4 is 23.9 Å². The van der Waals surface area contributed by atoms with Crippen LogP contribution in [-0.2, 0) is 28.7 Å². The highest BCUT2D eigenvalue weighted by atomic mass is 16.6. The topological polar surface area (TPSA) is 107 Å². The second-order valence-electron chi connectivity index (χ2n) is 7.53. The van der Waals surface area contributed by atoms with Crippen molar-refractivity contribution in [3.05, 3.63) is 37.0 Å². The van der Waals surface area contributed by atoms with Gasteiger partial charge in [0.15, 0.2) is 0 Å². The molecular weight excluding hydrogens is 424 g/mol. The zero-order valence-corrected chi connectivity index (χ0v) is 20.4. The van der Waals surface area contributed by atoms with Crippen LogP contribution in [0.5, 0.6) is 0 Å². The number of allylic oxidation sites excluding steroid dienone is 2.